The van der Waals surface area contributed by atoms with Gasteiger partial charge in [-0.1, -0.05) is 13.0 Å². The van der Waals surface area contributed by atoms with Crippen molar-refractivity contribution in [1.82, 2.24) is 10.4 Å². The van der Waals surface area contributed by atoms with Gasteiger partial charge in [0.2, 0.25) is 0 Å². The number of nitrogens with one attached hydrogen (secondary N) is 1. The van der Waals surface area contributed by atoms with E-state index in [1.807, 2.05) is 26.0 Å². The molecule has 0 aliphatic carbocycles. The Morgan fingerprint density at radius 2 is 2.05 bits per heavy atom. The molecule has 0 spiro atoms. The number of hydrazine groups is 1. The number of ether oxygens (including phenoxy) is 1. The Labute approximate surface area is 124 Å². The zero-order chi connectivity index (χ0) is 15.2. The summed E-state index contributed by atoms with van der Waals surface area (Å²) in [6.07, 6.45) is 4.28. The van der Waals surface area contributed by atoms with E-state index < -0.39 is 0 Å². The lowest BCUT2D eigenvalue weighted by atomic mass is 9.99. The fourth-order valence-electron chi connectivity index (χ4n) is 2.21. The number of rotatable bonds is 6. The van der Waals surface area contributed by atoms with Crippen molar-refractivity contribution in [2.24, 2.45) is 5.84 Å². The molecule has 2 rings (SSSR count). The summed E-state index contributed by atoms with van der Waals surface area (Å²) < 4.78 is 19.1. The topological polar surface area (TPSA) is 60.2 Å². The zero-order valence-electron chi connectivity index (χ0n) is 12.3. The minimum atomic E-state index is -0.336. The van der Waals surface area contributed by atoms with E-state index in [1.54, 1.807) is 12.4 Å². The van der Waals surface area contributed by atoms with Crippen LogP contribution in [0.15, 0.2) is 36.7 Å². The molecule has 1 aromatic carbocycles. The molecular formula is C16H20FN3O. The van der Waals surface area contributed by atoms with Gasteiger partial charge < -0.3 is 4.74 Å². The first-order valence-electron chi connectivity index (χ1n) is 6.95. The van der Waals surface area contributed by atoms with E-state index in [-0.39, 0.29) is 11.9 Å². The highest BCUT2D eigenvalue weighted by Gasteiger charge is 2.15. The van der Waals surface area contributed by atoms with Crippen molar-refractivity contribution in [3.8, 4) is 5.75 Å². The second kappa shape index (κ2) is 7.15. The average Bonchev–Trinajstić information content (AvgIpc) is 2.45. The maximum atomic E-state index is 13.6. The summed E-state index contributed by atoms with van der Waals surface area (Å²) in [6, 6.07) is 6.38. The predicted octanol–water partition coefficient (Wildman–Crippen LogP) is 2.87. The third-order valence-electron chi connectivity index (χ3n) is 3.10. The third kappa shape index (κ3) is 4.00. The van der Waals surface area contributed by atoms with Crippen LogP contribution in [0, 0.1) is 12.7 Å². The number of nitrogens with zero attached hydrogens (tertiary/aromatic N) is 1. The molecule has 1 atom stereocenters. The Hall–Kier alpha value is -1.98. The van der Waals surface area contributed by atoms with Gasteiger partial charge in [-0.25, -0.2) is 9.82 Å². The van der Waals surface area contributed by atoms with Gasteiger partial charge in [0.15, 0.2) is 0 Å². The highest BCUT2D eigenvalue weighted by Crippen LogP contribution is 2.25. The van der Waals surface area contributed by atoms with Gasteiger partial charge in [-0.05, 0) is 48.2 Å². The number of hydrogen-bond acceptors (Lipinski definition) is 4. The molecule has 112 valence electrons. The Morgan fingerprint density at radius 3 is 2.71 bits per heavy atom. The standard InChI is InChI=1S/C16H20FN3O/c1-3-4-21-15-8-13(9-19-10-15)16(20-18)12-5-11(2)6-14(17)7-12/h5-10,16,20H,3-4,18H2,1-2H3. The maximum absolute atomic E-state index is 13.6. The van der Waals surface area contributed by atoms with Crippen LogP contribution in [-0.2, 0) is 0 Å². The lowest BCUT2D eigenvalue weighted by Crippen LogP contribution is -2.29. The minimum Gasteiger partial charge on any atom is -0.492 e. The molecule has 0 fully saturated rings. The molecule has 0 saturated carbocycles. The van der Waals surface area contributed by atoms with E-state index in [9.17, 15) is 4.39 Å². The first kappa shape index (κ1) is 15.4. The van der Waals surface area contributed by atoms with Crippen molar-refractivity contribution < 1.29 is 9.13 Å². The summed E-state index contributed by atoms with van der Waals surface area (Å²) in [5, 5.41) is 0. The van der Waals surface area contributed by atoms with Crippen LogP contribution in [0.25, 0.3) is 0 Å². The summed E-state index contributed by atoms with van der Waals surface area (Å²) in [6.45, 7) is 4.52. The number of halogens is 1. The Morgan fingerprint density at radius 1 is 1.24 bits per heavy atom. The molecule has 1 aromatic heterocycles. The summed E-state index contributed by atoms with van der Waals surface area (Å²) in [5.74, 6) is 6.05. The fraction of sp³-hybridized carbons (Fsp3) is 0.312. The SMILES string of the molecule is CCCOc1cncc(C(NN)c2cc(C)cc(F)c2)c1. The molecule has 0 aliphatic rings. The van der Waals surface area contributed by atoms with Crippen molar-refractivity contribution in [2.45, 2.75) is 26.3 Å². The second-order valence-corrected chi connectivity index (χ2v) is 4.96. The summed E-state index contributed by atoms with van der Waals surface area (Å²) >= 11 is 0. The van der Waals surface area contributed by atoms with E-state index in [0.29, 0.717) is 12.4 Å². The van der Waals surface area contributed by atoms with Gasteiger partial charge in [0.1, 0.15) is 11.6 Å². The van der Waals surface area contributed by atoms with Crippen LogP contribution in [0.2, 0.25) is 0 Å². The third-order valence-corrected chi connectivity index (χ3v) is 3.10. The van der Waals surface area contributed by atoms with Gasteiger partial charge in [0.25, 0.3) is 0 Å². The molecule has 3 N–H and O–H groups in total. The Balaban J connectivity index is 2.32. The molecule has 0 amide bonds. The van der Waals surface area contributed by atoms with Crippen LogP contribution in [0.1, 0.15) is 36.1 Å². The molecule has 5 heteroatoms. The summed E-state index contributed by atoms with van der Waals surface area (Å²) in [7, 11) is 0. The van der Waals surface area contributed by atoms with E-state index >= 15 is 0 Å². The Kier molecular flexibility index (Phi) is 5.25. The van der Waals surface area contributed by atoms with Crippen LogP contribution in [0.3, 0.4) is 0 Å². The predicted molar refractivity (Wildman–Crippen MR) is 80.3 cm³/mol. The van der Waals surface area contributed by atoms with Crippen molar-refractivity contribution in [1.29, 1.82) is 0 Å². The quantitative estimate of drug-likeness (QED) is 0.634. The number of hydrogen-bond donors (Lipinski definition) is 2. The smallest absolute Gasteiger partial charge is 0.137 e. The largest absolute Gasteiger partial charge is 0.492 e. The first-order chi connectivity index (χ1) is 10.1. The molecule has 0 bridgehead atoms. The van der Waals surface area contributed by atoms with Crippen molar-refractivity contribution in [3.05, 3.63) is 59.2 Å². The minimum absolute atomic E-state index is 0.281. The molecule has 0 saturated heterocycles. The molecule has 21 heavy (non-hydrogen) atoms. The second-order valence-electron chi connectivity index (χ2n) is 4.96. The van der Waals surface area contributed by atoms with Crippen LogP contribution in [0.4, 0.5) is 4.39 Å². The first-order valence-corrected chi connectivity index (χ1v) is 6.95. The Bertz CT molecular complexity index is 584. The number of pyridine rings is 1. The zero-order valence-corrected chi connectivity index (χ0v) is 12.3. The molecule has 1 unspecified atom stereocenters. The van der Waals surface area contributed by atoms with Gasteiger partial charge in [0.05, 0.1) is 18.8 Å². The van der Waals surface area contributed by atoms with Crippen molar-refractivity contribution >= 4 is 0 Å². The van der Waals surface area contributed by atoms with Gasteiger partial charge in [-0.15, -0.1) is 0 Å². The lowest BCUT2D eigenvalue weighted by molar-refractivity contribution is 0.315. The van der Waals surface area contributed by atoms with E-state index in [2.05, 4.69) is 10.4 Å². The highest BCUT2D eigenvalue weighted by atomic mass is 19.1. The molecule has 4 nitrogen and oxygen atoms in total. The molecule has 2 aromatic rings. The number of aromatic nitrogens is 1. The van der Waals surface area contributed by atoms with Gasteiger partial charge in [-0.2, -0.15) is 0 Å². The van der Waals surface area contributed by atoms with Crippen molar-refractivity contribution in [3.63, 3.8) is 0 Å². The molecular weight excluding hydrogens is 269 g/mol. The van der Waals surface area contributed by atoms with Gasteiger partial charge >= 0.3 is 0 Å². The van der Waals surface area contributed by atoms with Crippen LogP contribution < -0.4 is 16.0 Å². The van der Waals surface area contributed by atoms with Crippen LogP contribution >= 0.6 is 0 Å². The van der Waals surface area contributed by atoms with E-state index in [0.717, 1.165) is 23.1 Å². The van der Waals surface area contributed by atoms with Gasteiger partial charge in [-0.3, -0.25) is 10.8 Å². The molecule has 1 heterocycles. The summed E-state index contributed by atoms with van der Waals surface area (Å²) in [4.78, 5) is 4.16. The monoisotopic (exact) mass is 289 g/mol. The van der Waals surface area contributed by atoms with E-state index in [1.165, 1.54) is 12.1 Å². The number of aryl methyl sites for hydroxylation is 1. The highest BCUT2D eigenvalue weighted by molar-refractivity contribution is 5.36. The van der Waals surface area contributed by atoms with Crippen molar-refractivity contribution in [2.75, 3.05) is 6.61 Å². The number of nitrogens with two attached hydrogens (primary N) is 1. The molecule has 0 aliphatic heterocycles. The number of benzene rings is 1. The lowest BCUT2D eigenvalue weighted by Gasteiger charge is -2.18. The fourth-order valence-corrected chi connectivity index (χ4v) is 2.21. The maximum Gasteiger partial charge on any atom is 0.137 e. The van der Waals surface area contributed by atoms with Crippen LogP contribution in [0.5, 0.6) is 5.75 Å². The van der Waals surface area contributed by atoms with Crippen LogP contribution in [-0.4, -0.2) is 11.6 Å². The summed E-state index contributed by atoms with van der Waals surface area (Å²) in [5.41, 5.74) is 5.14. The molecule has 0 radical (unpaired) electrons. The average molecular weight is 289 g/mol. The van der Waals surface area contributed by atoms with E-state index in [4.69, 9.17) is 10.6 Å². The normalized spacial score (nSPS) is 12.2. The van der Waals surface area contributed by atoms with Gasteiger partial charge in [0, 0.05) is 6.20 Å².